The van der Waals surface area contributed by atoms with Crippen molar-refractivity contribution < 1.29 is 29.0 Å². The van der Waals surface area contributed by atoms with E-state index in [-0.39, 0.29) is 5.56 Å². The number of carboxylic acids is 2. The van der Waals surface area contributed by atoms with E-state index in [1.54, 1.807) is 0 Å². The Kier molecular flexibility index (Phi) is 4.38. The average molecular weight is 199 g/mol. The van der Waals surface area contributed by atoms with E-state index in [1.807, 2.05) is 0 Å². The van der Waals surface area contributed by atoms with Crippen molar-refractivity contribution in [1.29, 1.82) is 5.41 Å². The molecule has 0 saturated heterocycles. The van der Waals surface area contributed by atoms with Crippen molar-refractivity contribution in [1.82, 2.24) is 0 Å². The molecule has 0 aliphatic carbocycles. The van der Waals surface area contributed by atoms with Gasteiger partial charge in [-0.2, -0.15) is 0 Å². The van der Waals surface area contributed by atoms with Crippen LogP contribution in [0.1, 0.15) is 20.9 Å². The second-order valence-corrected chi connectivity index (χ2v) is 1.88. The molecule has 3 N–H and O–H groups in total. The van der Waals surface area contributed by atoms with E-state index in [0.29, 0.717) is 0 Å². The van der Waals surface area contributed by atoms with Gasteiger partial charge >= 0.3 is 11.9 Å². The lowest BCUT2D eigenvalue weighted by Crippen LogP contribution is -2.03. The molecular formula is C7H5NO6. The Morgan fingerprint density at radius 3 is 2.14 bits per heavy atom. The van der Waals surface area contributed by atoms with Crippen LogP contribution in [0.15, 0.2) is 16.7 Å². The summed E-state index contributed by atoms with van der Waals surface area (Å²) in [5, 5.41) is 22.1. The first-order valence-corrected chi connectivity index (χ1v) is 3.12. The van der Waals surface area contributed by atoms with Crippen LogP contribution in [0.5, 0.6) is 0 Å². The van der Waals surface area contributed by atoms with Crippen molar-refractivity contribution in [2.45, 2.75) is 0 Å². The second-order valence-electron chi connectivity index (χ2n) is 1.88. The Balaban J connectivity index is 0.000000500. The predicted molar refractivity (Wildman–Crippen MR) is 41.0 cm³/mol. The minimum atomic E-state index is -1.38. The first kappa shape index (κ1) is 11.6. The summed E-state index contributed by atoms with van der Waals surface area (Å²) in [6, 6.07) is 1.09. The lowest BCUT2D eigenvalue weighted by molar-refractivity contribution is 0.0626. The standard InChI is InChI=1S/C6H4O5.CHNO/c7-5(8)3-1-2-11-4(3)6(9)10;2-1-3/h1-2H,(H,7,8)(H,9,10);2H. The summed E-state index contributed by atoms with van der Waals surface area (Å²) in [4.78, 5) is 28.8. The maximum atomic E-state index is 10.3. The van der Waals surface area contributed by atoms with Gasteiger partial charge in [0.2, 0.25) is 11.8 Å². The minimum absolute atomic E-state index is 0.336. The van der Waals surface area contributed by atoms with Gasteiger partial charge in [-0.15, -0.1) is 0 Å². The third-order valence-electron chi connectivity index (χ3n) is 1.09. The third kappa shape index (κ3) is 2.92. The Morgan fingerprint density at radius 2 is 1.86 bits per heavy atom. The summed E-state index contributed by atoms with van der Waals surface area (Å²) in [6.07, 6.45) is 1.77. The molecule has 0 saturated carbocycles. The van der Waals surface area contributed by atoms with Crippen molar-refractivity contribution in [2.24, 2.45) is 0 Å². The van der Waals surface area contributed by atoms with Crippen molar-refractivity contribution in [3.8, 4) is 0 Å². The van der Waals surface area contributed by atoms with Gasteiger partial charge in [0.05, 0.1) is 6.26 Å². The van der Waals surface area contributed by atoms with Crippen LogP contribution in [-0.4, -0.2) is 28.2 Å². The molecule has 0 fully saturated rings. The van der Waals surface area contributed by atoms with E-state index in [0.717, 1.165) is 18.4 Å². The molecule has 7 heteroatoms. The predicted octanol–water partition coefficient (Wildman–Crippen LogP) is 0.577. The molecule has 1 aromatic rings. The Labute approximate surface area is 77.1 Å². The van der Waals surface area contributed by atoms with Crippen LogP contribution in [0.4, 0.5) is 0 Å². The average Bonchev–Trinajstić information content (AvgIpc) is 2.52. The van der Waals surface area contributed by atoms with Gasteiger partial charge in [-0.05, 0) is 6.07 Å². The van der Waals surface area contributed by atoms with Crippen molar-refractivity contribution in [2.75, 3.05) is 0 Å². The van der Waals surface area contributed by atoms with Crippen molar-refractivity contribution in [3.63, 3.8) is 0 Å². The number of nitrogens with one attached hydrogen (secondary N) is 1. The third-order valence-corrected chi connectivity index (χ3v) is 1.09. The number of hydrogen-bond donors (Lipinski definition) is 3. The Morgan fingerprint density at radius 1 is 1.36 bits per heavy atom. The number of isocyanates is 1. The number of carboxylic acid groups (broad SMARTS) is 2. The van der Waals surface area contributed by atoms with Crippen molar-refractivity contribution in [3.05, 3.63) is 23.7 Å². The summed E-state index contributed by atoms with van der Waals surface area (Å²) in [7, 11) is 0. The maximum absolute atomic E-state index is 10.3. The number of hydrogen-bond acceptors (Lipinski definition) is 5. The summed E-state index contributed by atoms with van der Waals surface area (Å²) in [6.45, 7) is 0. The van der Waals surface area contributed by atoms with Gasteiger partial charge in [-0.1, -0.05) is 0 Å². The maximum Gasteiger partial charge on any atom is 0.372 e. The van der Waals surface area contributed by atoms with E-state index < -0.39 is 17.7 Å². The van der Waals surface area contributed by atoms with Gasteiger partial charge in [-0.25, -0.2) is 19.8 Å². The van der Waals surface area contributed by atoms with Crippen LogP contribution < -0.4 is 0 Å². The molecular weight excluding hydrogens is 194 g/mol. The molecule has 0 aliphatic rings. The Hall–Kier alpha value is -2.40. The van der Waals surface area contributed by atoms with Crippen LogP contribution in [0.25, 0.3) is 0 Å². The molecule has 0 atom stereocenters. The van der Waals surface area contributed by atoms with Gasteiger partial charge in [0.1, 0.15) is 5.56 Å². The number of furan rings is 1. The van der Waals surface area contributed by atoms with E-state index in [2.05, 4.69) is 4.42 Å². The molecule has 0 amide bonds. The Bertz CT molecular complexity index is 345. The zero-order valence-corrected chi connectivity index (χ0v) is 6.68. The van der Waals surface area contributed by atoms with Gasteiger partial charge in [0, 0.05) is 0 Å². The fourth-order valence-electron chi connectivity index (χ4n) is 0.643. The lowest BCUT2D eigenvalue weighted by atomic mass is 10.2. The quantitative estimate of drug-likeness (QED) is 0.471. The molecule has 14 heavy (non-hydrogen) atoms. The highest BCUT2D eigenvalue weighted by Crippen LogP contribution is 2.09. The largest absolute Gasteiger partial charge is 0.478 e. The SMILES string of the molecule is N=C=O.O=C(O)c1ccoc1C(=O)O. The molecule has 1 aromatic heterocycles. The van der Waals surface area contributed by atoms with Gasteiger partial charge in [-0.3, -0.25) is 0 Å². The summed E-state index contributed by atoms with van der Waals surface area (Å²) in [5.41, 5.74) is -0.336. The van der Waals surface area contributed by atoms with Gasteiger partial charge in [0.25, 0.3) is 0 Å². The van der Waals surface area contributed by atoms with Crippen LogP contribution in [0.3, 0.4) is 0 Å². The molecule has 0 aliphatic heterocycles. The lowest BCUT2D eigenvalue weighted by Gasteiger charge is -1.88. The van der Waals surface area contributed by atoms with E-state index in [1.165, 1.54) is 0 Å². The highest BCUT2D eigenvalue weighted by molar-refractivity contribution is 5.99. The monoisotopic (exact) mass is 199 g/mol. The summed E-state index contributed by atoms with van der Waals surface area (Å²) >= 11 is 0. The topological polar surface area (TPSA) is 129 Å². The number of carbonyl (C=O) groups is 2. The molecule has 0 spiro atoms. The van der Waals surface area contributed by atoms with Gasteiger partial charge < -0.3 is 14.6 Å². The van der Waals surface area contributed by atoms with Crippen LogP contribution in [-0.2, 0) is 4.79 Å². The van der Waals surface area contributed by atoms with Crippen molar-refractivity contribution >= 4 is 18.0 Å². The molecule has 0 unspecified atom stereocenters. The fourth-order valence-corrected chi connectivity index (χ4v) is 0.643. The van der Waals surface area contributed by atoms with Crippen LogP contribution in [0.2, 0.25) is 0 Å². The molecule has 7 nitrogen and oxygen atoms in total. The molecule has 1 heterocycles. The zero-order valence-electron chi connectivity index (χ0n) is 6.68. The normalized spacial score (nSPS) is 8.00. The smallest absolute Gasteiger partial charge is 0.372 e. The van der Waals surface area contributed by atoms with E-state index >= 15 is 0 Å². The first-order valence-electron chi connectivity index (χ1n) is 3.12. The fraction of sp³-hybridized carbons (Fsp3) is 0. The summed E-state index contributed by atoms with van der Waals surface area (Å²) < 4.78 is 4.41. The number of carbonyl (C=O) groups excluding carboxylic acids is 1. The first-order chi connectivity index (χ1) is 6.54. The summed E-state index contributed by atoms with van der Waals surface area (Å²) in [5.74, 6) is -3.24. The molecule has 1 rings (SSSR count). The van der Waals surface area contributed by atoms with E-state index in [9.17, 15) is 9.59 Å². The highest BCUT2D eigenvalue weighted by Gasteiger charge is 2.18. The number of aromatic carboxylic acids is 2. The molecule has 0 bridgehead atoms. The minimum Gasteiger partial charge on any atom is -0.478 e. The van der Waals surface area contributed by atoms with Gasteiger partial charge in [0.15, 0.2) is 0 Å². The van der Waals surface area contributed by atoms with Crippen LogP contribution in [0, 0.1) is 5.41 Å². The number of rotatable bonds is 2. The van der Waals surface area contributed by atoms with E-state index in [4.69, 9.17) is 20.4 Å². The molecule has 0 aromatic carbocycles. The van der Waals surface area contributed by atoms with Crippen LogP contribution >= 0.6 is 0 Å². The second kappa shape index (κ2) is 5.28. The highest BCUT2D eigenvalue weighted by atomic mass is 16.4. The molecule has 74 valence electrons. The molecule has 0 radical (unpaired) electrons. The zero-order chi connectivity index (χ0) is 11.1.